The van der Waals surface area contributed by atoms with Gasteiger partial charge in [0.1, 0.15) is 17.5 Å². The first kappa shape index (κ1) is 12.1. The normalized spacial score (nSPS) is 19.7. The number of likely N-dealkylation sites (N-methyl/N-ethyl adjacent to an activating group) is 1. The second-order valence-corrected chi connectivity index (χ2v) is 4.46. The zero-order chi connectivity index (χ0) is 12.3. The summed E-state index contributed by atoms with van der Waals surface area (Å²) >= 11 is 0. The highest BCUT2D eigenvalue weighted by Gasteiger charge is 2.25. The lowest BCUT2D eigenvalue weighted by Gasteiger charge is -2.26. The van der Waals surface area contributed by atoms with Gasteiger partial charge in [-0.2, -0.15) is 0 Å². The van der Waals surface area contributed by atoms with Gasteiger partial charge in [0.15, 0.2) is 0 Å². The van der Waals surface area contributed by atoms with Crippen LogP contribution >= 0.6 is 0 Å². The van der Waals surface area contributed by atoms with Crippen LogP contribution in [0.1, 0.15) is 18.7 Å². The summed E-state index contributed by atoms with van der Waals surface area (Å²) in [5, 5.41) is 6.34. The molecular weight excluding hydrogens is 214 g/mol. The fourth-order valence-corrected chi connectivity index (χ4v) is 2.41. The summed E-state index contributed by atoms with van der Waals surface area (Å²) in [4.78, 5) is 11.3. The first-order chi connectivity index (χ1) is 8.24. The van der Waals surface area contributed by atoms with Gasteiger partial charge in [-0.1, -0.05) is 0 Å². The van der Waals surface area contributed by atoms with E-state index in [1.54, 1.807) is 0 Å². The van der Waals surface area contributed by atoms with Crippen LogP contribution in [0.5, 0.6) is 0 Å². The van der Waals surface area contributed by atoms with Gasteiger partial charge in [-0.25, -0.2) is 9.97 Å². The minimum Gasteiger partial charge on any atom is -0.373 e. The van der Waals surface area contributed by atoms with Crippen molar-refractivity contribution < 1.29 is 0 Å². The van der Waals surface area contributed by atoms with Gasteiger partial charge in [0.2, 0.25) is 0 Å². The molecule has 0 aliphatic carbocycles. The minimum absolute atomic E-state index is 0.555. The highest BCUT2D eigenvalue weighted by atomic mass is 15.3. The van der Waals surface area contributed by atoms with Crippen molar-refractivity contribution in [1.82, 2.24) is 15.3 Å². The van der Waals surface area contributed by atoms with E-state index in [-0.39, 0.29) is 0 Å². The molecule has 1 atom stereocenters. The first-order valence-electron chi connectivity index (χ1n) is 6.19. The molecular formula is C12H21N5. The van der Waals surface area contributed by atoms with Crippen molar-refractivity contribution in [3.05, 3.63) is 11.9 Å². The number of nitrogens with zero attached hydrogens (tertiary/aromatic N) is 3. The van der Waals surface area contributed by atoms with Crippen LogP contribution in [0.3, 0.4) is 0 Å². The van der Waals surface area contributed by atoms with Crippen molar-refractivity contribution in [3.63, 3.8) is 0 Å². The molecule has 1 aromatic heterocycles. The quantitative estimate of drug-likeness (QED) is 0.816. The molecule has 0 bridgehead atoms. The molecule has 1 unspecified atom stereocenters. The Kier molecular flexibility index (Phi) is 3.78. The Balaban J connectivity index is 2.23. The molecule has 1 fully saturated rings. The molecule has 17 heavy (non-hydrogen) atoms. The molecule has 1 aliphatic heterocycles. The molecule has 1 aromatic rings. The van der Waals surface area contributed by atoms with E-state index in [0.717, 1.165) is 30.5 Å². The Bertz CT molecular complexity index is 379. The number of hydrogen-bond donors (Lipinski definition) is 2. The Morgan fingerprint density at radius 2 is 2.24 bits per heavy atom. The van der Waals surface area contributed by atoms with Crippen LogP contribution in [-0.4, -0.2) is 43.2 Å². The molecule has 5 nitrogen and oxygen atoms in total. The van der Waals surface area contributed by atoms with Gasteiger partial charge in [0.05, 0.1) is 0 Å². The van der Waals surface area contributed by atoms with Crippen molar-refractivity contribution in [2.45, 2.75) is 25.8 Å². The molecule has 1 aliphatic rings. The topological polar surface area (TPSA) is 53.1 Å². The highest BCUT2D eigenvalue weighted by molar-refractivity contribution is 5.50. The van der Waals surface area contributed by atoms with Crippen molar-refractivity contribution in [1.29, 1.82) is 0 Å². The Hall–Kier alpha value is -1.36. The van der Waals surface area contributed by atoms with Gasteiger partial charge >= 0.3 is 0 Å². The molecule has 5 heteroatoms. The lowest BCUT2D eigenvalue weighted by Crippen LogP contribution is -2.37. The summed E-state index contributed by atoms with van der Waals surface area (Å²) < 4.78 is 0. The van der Waals surface area contributed by atoms with Crippen LogP contribution < -0.4 is 15.5 Å². The maximum absolute atomic E-state index is 4.54. The molecule has 1 saturated heterocycles. The smallest absolute Gasteiger partial charge is 0.134 e. The average Bonchev–Trinajstić information content (AvgIpc) is 2.77. The maximum Gasteiger partial charge on any atom is 0.134 e. The van der Waals surface area contributed by atoms with E-state index in [9.17, 15) is 0 Å². The molecule has 2 N–H and O–H groups in total. The Labute approximate surface area is 103 Å². The fourth-order valence-electron chi connectivity index (χ4n) is 2.41. The van der Waals surface area contributed by atoms with Gasteiger partial charge < -0.3 is 15.5 Å². The van der Waals surface area contributed by atoms with E-state index in [4.69, 9.17) is 0 Å². The standard InChI is InChI=1S/C12H21N5/c1-9-15-11(14-3)7-12(16-9)17-6-4-5-10(17)8-13-2/h7,10,13H,4-6,8H2,1-3H3,(H,14,15,16). The summed E-state index contributed by atoms with van der Waals surface area (Å²) in [6, 6.07) is 2.58. The second kappa shape index (κ2) is 5.31. The lowest BCUT2D eigenvalue weighted by molar-refractivity contribution is 0.611. The zero-order valence-corrected chi connectivity index (χ0v) is 10.8. The van der Waals surface area contributed by atoms with Crippen LogP contribution in [-0.2, 0) is 0 Å². The van der Waals surface area contributed by atoms with Crippen molar-refractivity contribution in [3.8, 4) is 0 Å². The average molecular weight is 235 g/mol. The predicted molar refractivity (Wildman–Crippen MR) is 70.6 cm³/mol. The van der Waals surface area contributed by atoms with Gasteiger partial charge in [-0.05, 0) is 26.8 Å². The lowest BCUT2D eigenvalue weighted by atomic mass is 10.2. The van der Waals surface area contributed by atoms with Gasteiger partial charge in [0.25, 0.3) is 0 Å². The van der Waals surface area contributed by atoms with Crippen LogP contribution in [0.15, 0.2) is 6.07 Å². The summed E-state index contributed by atoms with van der Waals surface area (Å²) in [6.07, 6.45) is 2.48. The number of rotatable bonds is 4. The monoisotopic (exact) mass is 235 g/mol. The molecule has 0 amide bonds. The van der Waals surface area contributed by atoms with Crippen molar-refractivity contribution in [2.75, 3.05) is 37.4 Å². The molecule has 0 aromatic carbocycles. The third kappa shape index (κ3) is 2.66. The molecule has 0 radical (unpaired) electrons. The number of aryl methyl sites for hydroxylation is 1. The molecule has 2 heterocycles. The van der Waals surface area contributed by atoms with E-state index in [1.165, 1.54) is 12.8 Å². The first-order valence-corrected chi connectivity index (χ1v) is 6.19. The number of anilines is 2. The maximum atomic E-state index is 4.54. The third-order valence-corrected chi connectivity index (χ3v) is 3.19. The largest absolute Gasteiger partial charge is 0.373 e. The van der Waals surface area contributed by atoms with Crippen molar-refractivity contribution >= 4 is 11.6 Å². The molecule has 94 valence electrons. The number of nitrogens with one attached hydrogen (secondary N) is 2. The zero-order valence-electron chi connectivity index (χ0n) is 10.8. The van der Waals surface area contributed by atoms with E-state index in [0.29, 0.717) is 6.04 Å². The second-order valence-electron chi connectivity index (χ2n) is 4.46. The van der Waals surface area contributed by atoms with Gasteiger partial charge in [-0.15, -0.1) is 0 Å². The van der Waals surface area contributed by atoms with Crippen LogP contribution in [0.2, 0.25) is 0 Å². The van der Waals surface area contributed by atoms with Gasteiger partial charge in [0, 0.05) is 32.2 Å². The van der Waals surface area contributed by atoms with Crippen LogP contribution in [0.25, 0.3) is 0 Å². The number of aromatic nitrogens is 2. The van der Waals surface area contributed by atoms with Gasteiger partial charge in [-0.3, -0.25) is 0 Å². The summed E-state index contributed by atoms with van der Waals surface area (Å²) in [6.45, 7) is 4.04. The highest BCUT2D eigenvalue weighted by Crippen LogP contribution is 2.25. The molecule has 0 spiro atoms. The van der Waals surface area contributed by atoms with E-state index in [2.05, 4.69) is 25.5 Å². The van der Waals surface area contributed by atoms with Crippen LogP contribution in [0.4, 0.5) is 11.6 Å². The summed E-state index contributed by atoms with van der Waals surface area (Å²) in [7, 11) is 3.89. The Morgan fingerprint density at radius 3 is 2.94 bits per heavy atom. The molecule has 0 saturated carbocycles. The van der Waals surface area contributed by atoms with Crippen molar-refractivity contribution in [2.24, 2.45) is 0 Å². The predicted octanol–water partition coefficient (Wildman–Crippen LogP) is 1.01. The van der Waals surface area contributed by atoms with E-state index in [1.807, 2.05) is 27.1 Å². The SMILES string of the molecule is CNCC1CCCN1c1cc(NC)nc(C)n1. The summed E-state index contributed by atoms with van der Waals surface area (Å²) in [5.74, 6) is 2.75. The third-order valence-electron chi connectivity index (χ3n) is 3.19. The number of hydrogen-bond acceptors (Lipinski definition) is 5. The van der Waals surface area contributed by atoms with Crippen LogP contribution in [0, 0.1) is 6.92 Å². The summed E-state index contributed by atoms with van der Waals surface area (Å²) in [5.41, 5.74) is 0. The Morgan fingerprint density at radius 1 is 1.41 bits per heavy atom. The van der Waals surface area contributed by atoms with E-state index < -0.39 is 0 Å². The minimum atomic E-state index is 0.555. The molecule has 2 rings (SSSR count). The fraction of sp³-hybridized carbons (Fsp3) is 0.667. The van der Waals surface area contributed by atoms with E-state index >= 15 is 0 Å².